The molecule has 0 amide bonds. The number of unbranched alkanes of at least 4 members (excludes halogenated alkanes) is 1. The van der Waals surface area contributed by atoms with E-state index in [4.69, 9.17) is 0 Å². The van der Waals surface area contributed by atoms with Crippen molar-refractivity contribution in [3.05, 3.63) is 0 Å². The molecule has 0 aliphatic rings. The van der Waals surface area contributed by atoms with Crippen LogP contribution in [0.4, 0.5) is 22.0 Å². The van der Waals surface area contributed by atoms with Gasteiger partial charge in [0.05, 0.1) is 11.5 Å². The average molecular weight is 311 g/mol. The molecule has 116 valence electrons. The summed E-state index contributed by atoms with van der Waals surface area (Å²) in [6.45, 7) is 0.627. The van der Waals surface area contributed by atoms with Crippen LogP contribution in [-0.2, 0) is 9.84 Å². The van der Waals surface area contributed by atoms with Crippen molar-refractivity contribution >= 4 is 9.84 Å². The first-order chi connectivity index (χ1) is 8.52. The molecule has 0 aliphatic heterocycles. The van der Waals surface area contributed by atoms with E-state index in [9.17, 15) is 30.4 Å². The van der Waals surface area contributed by atoms with Crippen molar-refractivity contribution in [3.8, 4) is 0 Å². The molecule has 0 aromatic rings. The number of rotatable bonds is 9. The molecule has 19 heavy (non-hydrogen) atoms. The Labute approximate surface area is 109 Å². The second-order valence-corrected chi connectivity index (χ2v) is 6.57. The Morgan fingerprint density at radius 2 is 1.47 bits per heavy atom. The molecule has 3 nitrogen and oxygen atoms in total. The molecule has 0 aromatic carbocycles. The zero-order valence-corrected chi connectivity index (χ0v) is 11.4. The molecule has 0 radical (unpaired) electrons. The maximum atomic E-state index is 12.5. The molecule has 0 aliphatic carbocycles. The van der Waals surface area contributed by atoms with E-state index < -0.39 is 40.5 Å². The fraction of sp³-hybridized carbons (Fsp3) is 1.00. The lowest BCUT2D eigenvalue weighted by Gasteiger charge is -2.19. The molecule has 0 spiro atoms. The molecular formula is C10H18F5NO2S. The van der Waals surface area contributed by atoms with Crippen molar-refractivity contribution in [2.24, 2.45) is 0 Å². The maximum absolute atomic E-state index is 12.5. The lowest BCUT2D eigenvalue weighted by molar-refractivity contribution is -0.284. The fourth-order valence-corrected chi connectivity index (χ4v) is 2.81. The van der Waals surface area contributed by atoms with Gasteiger partial charge in [-0.15, -0.1) is 0 Å². The highest BCUT2D eigenvalue weighted by Crippen LogP contribution is 2.38. The van der Waals surface area contributed by atoms with Gasteiger partial charge in [0.1, 0.15) is 9.84 Å². The molecule has 0 aromatic heterocycles. The highest BCUT2D eigenvalue weighted by atomic mass is 32.2. The molecular weight excluding hydrogens is 293 g/mol. The SMILES string of the molecule is CNCCCCS(=O)(=O)CCCC(F)(F)C(F)(F)F. The molecule has 0 fully saturated rings. The molecule has 0 saturated heterocycles. The Morgan fingerprint density at radius 1 is 0.947 bits per heavy atom. The first kappa shape index (κ1) is 18.6. The molecule has 0 rings (SSSR count). The summed E-state index contributed by atoms with van der Waals surface area (Å²) in [4.78, 5) is 0. The molecule has 0 saturated carbocycles. The normalized spacial score (nSPS) is 13.8. The minimum atomic E-state index is -5.62. The number of hydrogen-bond acceptors (Lipinski definition) is 3. The van der Waals surface area contributed by atoms with Gasteiger partial charge < -0.3 is 5.32 Å². The van der Waals surface area contributed by atoms with Gasteiger partial charge in [0, 0.05) is 6.42 Å². The predicted octanol–water partition coefficient (Wildman–Crippen LogP) is 2.38. The number of alkyl halides is 5. The van der Waals surface area contributed by atoms with E-state index in [1.54, 1.807) is 7.05 Å². The summed E-state index contributed by atoms with van der Waals surface area (Å²) in [5, 5.41) is 2.81. The number of hydrogen-bond donors (Lipinski definition) is 1. The zero-order chi connectivity index (χ0) is 15.2. The second kappa shape index (κ2) is 7.37. The van der Waals surface area contributed by atoms with E-state index in [1.807, 2.05) is 0 Å². The first-order valence-corrected chi connectivity index (χ1v) is 7.63. The fourth-order valence-electron chi connectivity index (χ4n) is 1.38. The number of sulfone groups is 1. The Bertz CT molecular complexity index is 353. The van der Waals surface area contributed by atoms with Crippen LogP contribution in [0.1, 0.15) is 25.7 Å². The van der Waals surface area contributed by atoms with E-state index in [-0.39, 0.29) is 5.75 Å². The van der Waals surface area contributed by atoms with E-state index in [0.29, 0.717) is 19.4 Å². The van der Waals surface area contributed by atoms with Crippen LogP contribution in [0.3, 0.4) is 0 Å². The maximum Gasteiger partial charge on any atom is 0.453 e. The standard InChI is InChI=1S/C10H18F5NO2S/c1-16-6-2-3-7-19(17,18)8-4-5-9(11,12)10(13,14)15/h16H,2-8H2,1H3. The van der Waals surface area contributed by atoms with Crippen LogP contribution in [0.15, 0.2) is 0 Å². The summed E-state index contributed by atoms with van der Waals surface area (Å²) < 4.78 is 83.3. The van der Waals surface area contributed by atoms with Gasteiger partial charge in [0.15, 0.2) is 0 Å². The minimum Gasteiger partial charge on any atom is -0.320 e. The van der Waals surface area contributed by atoms with E-state index in [1.165, 1.54) is 0 Å². The number of halogens is 5. The van der Waals surface area contributed by atoms with Crippen LogP contribution in [0, 0.1) is 0 Å². The van der Waals surface area contributed by atoms with Gasteiger partial charge in [-0.2, -0.15) is 22.0 Å². The van der Waals surface area contributed by atoms with Gasteiger partial charge in [-0.3, -0.25) is 0 Å². The Kier molecular flexibility index (Phi) is 7.20. The topological polar surface area (TPSA) is 46.2 Å². The summed E-state index contributed by atoms with van der Waals surface area (Å²) in [6, 6.07) is 0. The van der Waals surface area contributed by atoms with Crippen molar-refractivity contribution in [2.75, 3.05) is 25.1 Å². The summed E-state index contributed by atoms with van der Waals surface area (Å²) in [5.41, 5.74) is 0. The Morgan fingerprint density at radius 3 is 1.95 bits per heavy atom. The van der Waals surface area contributed by atoms with Gasteiger partial charge >= 0.3 is 12.1 Å². The lowest BCUT2D eigenvalue weighted by Crippen LogP contribution is -2.36. The van der Waals surface area contributed by atoms with Crippen molar-refractivity contribution in [1.29, 1.82) is 0 Å². The Hall–Kier alpha value is -0.440. The van der Waals surface area contributed by atoms with Gasteiger partial charge in [-0.05, 0) is 32.9 Å². The summed E-state index contributed by atoms with van der Waals surface area (Å²) in [5.74, 6) is -5.65. The van der Waals surface area contributed by atoms with Crippen LogP contribution in [-0.4, -0.2) is 45.6 Å². The van der Waals surface area contributed by atoms with Gasteiger partial charge in [0.2, 0.25) is 0 Å². The first-order valence-electron chi connectivity index (χ1n) is 5.81. The lowest BCUT2D eigenvalue weighted by atomic mass is 10.2. The molecule has 0 heterocycles. The van der Waals surface area contributed by atoms with Crippen molar-refractivity contribution in [2.45, 2.75) is 37.8 Å². The predicted molar refractivity (Wildman–Crippen MR) is 62.1 cm³/mol. The highest BCUT2D eigenvalue weighted by Gasteiger charge is 2.56. The summed E-state index contributed by atoms with van der Waals surface area (Å²) >= 11 is 0. The third-order valence-corrected chi connectivity index (χ3v) is 4.31. The van der Waals surface area contributed by atoms with E-state index in [2.05, 4.69) is 5.32 Å². The van der Waals surface area contributed by atoms with E-state index >= 15 is 0 Å². The summed E-state index contributed by atoms with van der Waals surface area (Å²) in [6.07, 6.45) is -6.84. The average Bonchev–Trinajstić information content (AvgIpc) is 2.22. The third-order valence-electron chi connectivity index (χ3n) is 2.49. The second-order valence-electron chi connectivity index (χ2n) is 4.27. The molecule has 0 unspecified atom stereocenters. The molecule has 1 N–H and O–H groups in total. The van der Waals surface area contributed by atoms with Crippen LogP contribution < -0.4 is 5.32 Å². The largest absolute Gasteiger partial charge is 0.453 e. The van der Waals surface area contributed by atoms with Gasteiger partial charge in [-0.1, -0.05) is 0 Å². The van der Waals surface area contributed by atoms with Gasteiger partial charge in [0.25, 0.3) is 0 Å². The van der Waals surface area contributed by atoms with Crippen LogP contribution in [0.2, 0.25) is 0 Å². The molecule has 0 atom stereocenters. The third kappa shape index (κ3) is 7.66. The quantitative estimate of drug-likeness (QED) is 0.525. The van der Waals surface area contributed by atoms with Crippen molar-refractivity contribution in [1.82, 2.24) is 5.32 Å². The van der Waals surface area contributed by atoms with E-state index in [0.717, 1.165) is 0 Å². The van der Waals surface area contributed by atoms with Crippen LogP contribution in [0.25, 0.3) is 0 Å². The van der Waals surface area contributed by atoms with Gasteiger partial charge in [-0.25, -0.2) is 8.42 Å². The number of nitrogens with one attached hydrogen (secondary N) is 1. The summed E-state index contributed by atoms with van der Waals surface area (Å²) in [7, 11) is -1.86. The zero-order valence-electron chi connectivity index (χ0n) is 10.6. The van der Waals surface area contributed by atoms with Crippen LogP contribution in [0.5, 0.6) is 0 Å². The van der Waals surface area contributed by atoms with Crippen molar-refractivity contribution < 1.29 is 30.4 Å². The smallest absolute Gasteiger partial charge is 0.320 e. The van der Waals surface area contributed by atoms with Crippen LogP contribution >= 0.6 is 0 Å². The minimum absolute atomic E-state index is 0.188. The van der Waals surface area contributed by atoms with Crippen molar-refractivity contribution in [3.63, 3.8) is 0 Å². The Balaban J connectivity index is 4.06. The molecule has 9 heteroatoms. The highest BCUT2D eigenvalue weighted by molar-refractivity contribution is 7.91. The molecule has 0 bridgehead atoms. The monoisotopic (exact) mass is 311 g/mol.